The van der Waals surface area contributed by atoms with Crippen LogP contribution in [0, 0.1) is 124 Å². The van der Waals surface area contributed by atoms with Gasteiger partial charge in [-0.25, -0.2) is 0 Å². The Labute approximate surface area is 250 Å². The van der Waals surface area contributed by atoms with Crippen molar-refractivity contribution in [3.05, 3.63) is 124 Å². The summed E-state index contributed by atoms with van der Waals surface area (Å²) in [5.74, 6) is 2.69. The summed E-state index contributed by atoms with van der Waals surface area (Å²) in [6.45, 7) is 3.32. The van der Waals surface area contributed by atoms with Crippen molar-refractivity contribution in [1.29, 1.82) is 0 Å². The number of hydrogen-bond donors (Lipinski definition) is 1. The van der Waals surface area contributed by atoms with Gasteiger partial charge >= 0.3 is 34.1 Å². The molecule has 4 aliphatic carbocycles. The van der Waals surface area contributed by atoms with Crippen LogP contribution in [0.15, 0.2) is 0 Å². The molecule has 2 nitrogen and oxygen atoms in total. The number of unbranched alkanes of at least 4 members (excludes halogenated alkanes) is 3. The largest absolute Gasteiger partial charge is 2.00 e. The Morgan fingerprint density at radius 1 is 0.529 bits per heavy atom. The predicted molar refractivity (Wildman–Crippen MR) is 142 cm³/mol. The van der Waals surface area contributed by atoms with E-state index in [1.165, 1.54) is 34.3 Å². The molecular formula is C28H33Br2Fe2NO+4. The number of nitrogens with zero attached hydrogens (tertiary/aromatic N) is 1. The summed E-state index contributed by atoms with van der Waals surface area (Å²) < 4.78 is 0. The van der Waals surface area contributed by atoms with Gasteiger partial charge in [0.15, 0.2) is 0 Å². The summed E-state index contributed by atoms with van der Waals surface area (Å²) >= 11 is 7.25. The van der Waals surface area contributed by atoms with E-state index in [1.807, 2.05) is 64.2 Å². The van der Waals surface area contributed by atoms with Gasteiger partial charge in [-0.3, -0.25) is 0 Å². The minimum Gasteiger partial charge on any atom is -0.396 e. The van der Waals surface area contributed by atoms with E-state index in [4.69, 9.17) is 5.11 Å². The number of rotatable bonds is 10. The number of aliphatic hydroxyl groups excluding tert-OH is 1. The summed E-state index contributed by atoms with van der Waals surface area (Å²) in [7, 11) is 0. The summed E-state index contributed by atoms with van der Waals surface area (Å²) in [5.41, 5.74) is 0. The zero-order valence-electron chi connectivity index (χ0n) is 19.3. The van der Waals surface area contributed by atoms with Crippen LogP contribution in [0.5, 0.6) is 0 Å². The Kier molecular flexibility index (Phi) is 25.3. The molecule has 0 aliphatic heterocycles. The number of aliphatic hydroxyl groups is 1. The van der Waals surface area contributed by atoms with Gasteiger partial charge in [-0.1, -0.05) is 44.7 Å². The topological polar surface area (TPSA) is 23.5 Å². The maximum absolute atomic E-state index is 8.86. The van der Waals surface area contributed by atoms with Gasteiger partial charge in [-0.15, -0.1) is 0 Å². The maximum Gasteiger partial charge on any atom is 2.00 e. The molecule has 0 aromatic rings. The molecular weight excluding hydrogens is 638 g/mol. The van der Waals surface area contributed by atoms with Crippen molar-refractivity contribution in [2.75, 3.05) is 26.2 Å². The minimum absolute atomic E-state index is 0. The monoisotopic (exact) mass is 669 g/mol. The van der Waals surface area contributed by atoms with Crippen molar-refractivity contribution in [1.82, 2.24) is 4.90 Å². The third-order valence-corrected chi connectivity index (χ3v) is 6.52. The zero-order chi connectivity index (χ0) is 22.9. The van der Waals surface area contributed by atoms with E-state index in [9.17, 15) is 0 Å². The van der Waals surface area contributed by atoms with Crippen molar-refractivity contribution in [2.45, 2.75) is 25.7 Å². The van der Waals surface area contributed by atoms with Gasteiger partial charge < -0.3 is 10.0 Å². The molecule has 0 unspecified atom stereocenters. The van der Waals surface area contributed by atoms with E-state index in [2.05, 4.69) is 75.3 Å². The molecule has 20 radical (unpaired) electrons. The maximum atomic E-state index is 8.86. The van der Waals surface area contributed by atoms with Gasteiger partial charge in [0.25, 0.3) is 0 Å². The van der Waals surface area contributed by atoms with Gasteiger partial charge in [-0.05, 0) is 122 Å². The van der Waals surface area contributed by atoms with E-state index in [0.717, 1.165) is 32.5 Å². The molecule has 4 fully saturated rings. The standard InChI is InChI=1S/C18H23Br2NO.2C5H5.2Fe/c19-17-9-5-7-15(17)13-21(11-3-1-2-4-12-22)14-16-8-6-10-18(16)20;2*1-2-4-5-3-1;;/h5-10,22H,1-4,11-14H2;2*1-5H;;/q;;;2*+2. The first-order valence-corrected chi connectivity index (χ1v) is 12.8. The van der Waals surface area contributed by atoms with Crippen LogP contribution in [0.25, 0.3) is 0 Å². The SMILES string of the molecule is OCCCCCCN(C[C]1[CH][CH][CH][C]1Br)C[C]1[CH][CH][CH][C]1Br.[CH]1[CH][CH][CH][CH]1.[CH]1[CH][CH][CH][CH]1.[Fe+2].[Fe+2]. The average molecular weight is 671 g/mol. The Bertz CT molecular complexity index is 391. The molecule has 0 heterocycles. The van der Waals surface area contributed by atoms with Crippen LogP contribution < -0.4 is 0 Å². The second kappa shape index (κ2) is 24.0. The normalized spacial score (nSPS) is 21.5. The summed E-state index contributed by atoms with van der Waals surface area (Å²) in [4.78, 5) is 4.89. The minimum atomic E-state index is 0. The Morgan fingerprint density at radius 3 is 1.24 bits per heavy atom. The smallest absolute Gasteiger partial charge is 0.396 e. The Hall–Kier alpha value is 1.92. The zero-order valence-corrected chi connectivity index (χ0v) is 24.6. The van der Waals surface area contributed by atoms with Crippen molar-refractivity contribution in [3.63, 3.8) is 0 Å². The molecule has 0 amide bonds. The average Bonchev–Trinajstić information content (AvgIpc) is 3.61. The number of halogens is 2. The van der Waals surface area contributed by atoms with Crippen LogP contribution in [-0.2, 0) is 34.1 Å². The number of hydrogen-bond acceptors (Lipinski definition) is 2. The second-order valence-corrected chi connectivity index (χ2v) is 9.28. The van der Waals surface area contributed by atoms with Gasteiger partial charge in [0.05, 0.1) is 9.65 Å². The molecule has 0 saturated heterocycles. The van der Waals surface area contributed by atoms with Crippen LogP contribution in [0.2, 0.25) is 0 Å². The molecule has 6 heteroatoms. The van der Waals surface area contributed by atoms with Crippen LogP contribution in [0.3, 0.4) is 0 Å². The van der Waals surface area contributed by atoms with E-state index < -0.39 is 0 Å². The first-order valence-electron chi connectivity index (χ1n) is 11.2. The summed E-state index contributed by atoms with van der Waals surface area (Å²) in [5, 5.41) is 8.86. The fourth-order valence-corrected chi connectivity index (χ4v) is 4.09. The predicted octanol–water partition coefficient (Wildman–Crippen LogP) is 6.13. The molecule has 182 valence electrons. The molecule has 4 rings (SSSR count). The van der Waals surface area contributed by atoms with Crippen LogP contribution in [0.1, 0.15) is 25.7 Å². The molecule has 0 bridgehead atoms. The summed E-state index contributed by atoms with van der Waals surface area (Å²) in [6.07, 6.45) is 37.2. The van der Waals surface area contributed by atoms with Gasteiger partial charge in [0, 0.05) is 31.5 Å². The first kappa shape index (κ1) is 35.9. The molecule has 4 saturated carbocycles. The fourth-order valence-electron chi connectivity index (χ4n) is 3.27. The third kappa shape index (κ3) is 16.7. The van der Waals surface area contributed by atoms with Gasteiger partial charge in [-0.2, -0.15) is 0 Å². The van der Waals surface area contributed by atoms with E-state index in [1.54, 1.807) is 0 Å². The molecule has 0 spiro atoms. The summed E-state index contributed by atoms with van der Waals surface area (Å²) in [6, 6.07) is 0. The van der Waals surface area contributed by atoms with Crippen LogP contribution in [-0.4, -0.2) is 36.2 Å². The second-order valence-electron chi connectivity index (χ2n) is 7.57. The Morgan fingerprint density at radius 2 is 0.912 bits per heavy atom. The van der Waals surface area contributed by atoms with Crippen molar-refractivity contribution in [2.24, 2.45) is 0 Å². The van der Waals surface area contributed by atoms with Crippen molar-refractivity contribution >= 4 is 31.9 Å². The van der Waals surface area contributed by atoms with E-state index in [0.29, 0.717) is 6.61 Å². The van der Waals surface area contributed by atoms with Crippen molar-refractivity contribution in [3.8, 4) is 0 Å². The third-order valence-electron chi connectivity index (χ3n) is 4.97. The first-order chi connectivity index (χ1) is 15.7. The van der Waals surface area contributed by atoms with E-state index >= 15 is 0 Å². The fraction of sp³-hybridized carbons (Fsp3) is 0.286. The Balaban J connectivity index is 0.000000746. The molecule has 0 aromatic carbocycles. The van der Waals surface area contributed by atoms with Crippen LogP contribution in [0.4, 0.5) is 0 Å². The van der Waals surface area contributed by atoms with Crippen LogP contribution >= 0.6 is 31.9 Å². The van der Waals surface area contributed by atoms with Gasteiger partial charge in [0.2, 0.25) is 0 Å². The molecule has 1 N–H and O–H groups in total. The van der Waals surface area contributed by atoms with Crippen molar-refractivity contribution < 1.29 is 39.2 Å². The molecule has 0 aromatic heterocycles. The quantitative estimate of drug-likeness (QED) is 0.223. The molecule has 34 heavy (non-hydrogen) atoms. The van der Waals surface area contributed by atoms with Gasteiger partial charge in [0.1, 0.15) is 0 Å². The molecule has 0 atom stereocenters. The molecule has 4 aliphatic rings. The van der Waals surface area contributed by atoms with E-state index in [-0.39, 0.29) is 34.1 Å².